The predicted octanol–water partition coefficient (Wildman–Crippen LogP) is 8.53. The van der Waals surface area contributed by atoms with Crippen LogP contribution in [0.1, 0.15) is 143 Å². The van der Waals surface area contributed by atoms with Crippen molar-refractivity contribution in [2.45, 2.75) is 149 Å². The highest BCUT2D eigenvalue weighted by atomic mass is 28.4. The molecule has 0 rings (SSSR count). The first-order chi connectivity index (χ1) is 16.1. The summed E-state index contributed by atoms with van der Waals surface area (Å²) in [6, 6.07) is 0.954. The number of carbonyl (C=O) groups is 1. The van der Waals surface area contributed by atoms with Crippen molar-refractivity contribution >= 4 is 14.8 Å². The quantitative estimate of drug-likeness (QED) is 0.0926. The zero-order valence-electron chi connectivity index (χ0n) is 22.3. The average molecular weight is 489 g/mol. The highest BCUT2D eigenvalue weighted by Crippen LogP contribution is 2.21. The van der Waals surface area contributed by atoms with E-state index in [0.29, 0.717) is 26.2 Å². The van der Waals surface area contributed by atoms with Crippen LogP contribution in [0.3, 0.4) is 0 Å². The number of hydrogen-bond acceptors (Lipinski definition) is 4. The van der Waals surface area contributed by atoms with Gasteiger partial charge in [-0.05, 0) is 33.6 Å². The Labute approximate surface area is 206 Å². The molecule has 6 heteroatoms. The Balaban J connectivity index is 3.37. The summed E-state index contributed by atoms with van der Waals surface area (Å²) in [5.74, 6) is -0.659. The molecule has 0 amide bonds. The van der Waals surface area contributed by atoms with Crippen LogP contribution >= 0.6 is 0 Å². The van der Waals surface area contributed by atoms with Gasteiger partial charge in [-0.2, -0.15) is 0 Å². The molecule has 0 fully saturated rings. The lowest BCUT2D eigenvalue weighted by atomic mass is 10.0. The third kappa shape index (κ3) is 21.8. The van der Waals surface area contributed by atoms with E-state index in [2.05, 4.69) is 0 Å². The predicted molar refractivity (Wildman–Crippen MR) is 141 cm³/mol. The van der Waals surface area contributed by atoms with Crippen LogP contribution in [-0.2, 0) is 18.1 Å². The molecular weight excluding hydrogens is 432 g/mol. The van der Waals surface area contributed by atoms with E-state index in [0.717, 1.165) is 25.3 Å². The van der Waals surface area contributed by atoms with Crippen molar-refractivity contribution in [1.29, 1.82) is 0 Å². The van der Waals surface area contributed by atoms with Crippen LogP contribution in [0.25, 0.3) is 0 Å². The molecule has 0 aromatic heterocycles. The van der Waals surface area contributed by atoms with Gasteiger partial charge in [0.15, 0.2) is 0 Å². The number of unbranched alkanes of at least 4 members (excludes halogenated alkanes) is 17. The molecule has 0 aliphatic rings. The molecule has 0 heterocycles. The minimum Gasteiger partial charge on any atom is -0.481 e. The van der Waals surface area contributed by atoms with Gasteiger partial charge < -0.3 is 18.4 Å². The second-order valence-electron chi connectivity index (χ2n) is 9.24. The van der Waals surface area contributed by atoms with Gasteiger partial charge in [0.2, 0.25) is 0 Å². The molecular formula is C27H56O5Si. The summed E-state index contributed by atoms with van der Waals surface area (Å²) in [6.45, 7) is 8.09. The first-order valence-electron chi connectivity index (χ1n) is 14.2. The van der Waals surface area contributed by atoms with Crippen molar-refractivity contribution in [3.63, 3.8) is 0 Å². The molecule has 0 spiro atoms. The highest BCUT2D eigenvalue weighted by Gasteiger charge is 2.39. The lowest BCUT2D eigenvalue weighted by molar-refractivity contribution is -0.137. The minimum absolute atomic E-state index is 0.334. The molecule has 0 atom stereocenters. The largest absolute Gasteiger partial charge is 0.500 e. The Morgan fingerprint density at radius 3 is 1.06 bits per heavy atom. The van der Waals surface area contributed by atoms with E-state index in [1.807, 2.05) is 20.8 Å². The summed E-state index contributed by atoms with van der Waals surface area (Å²) in [5.41, 5.74) is 0. The molecule has 0 aromatic carbocycles. The number of rotatable bonds is 27. The van der Waals surface area contributed by atoms with E-state index in [1.165, 1.54) is 96.3 Å². The Morgan fingerprint density at radius 2 is 0.788 bits per heavy atom. The third-order valence-electron chi connectivity index (χ3n) is 6.22. The Morgan fingerprint density at radius 1 is 0.515 bits per heavy atom. The van der Waals surface area contributed by atoms with Gasteiger partial charge in [0.1, 0.15) is 0 Å². The number of aliphatic carboxylic acids is 1. The second kappa shape index (κ2) is 24.7. The second-order valence-corrected chi connectivity index (χ2v) is 12.0. The normalized spacial score (nSPS) is 11.8. The Hall–Kier alpha value is -0.433. The van der Waals surface area contributed by atoms with E-state index in [-0.39, 0.29) is 0 Å². The summed E-state index contributed by atoms with van der Waals surface area (Å²) >= 11 is 0. The third-order valence-corrected chi connectivity index (χ3v) is 9.37. The van der Waals surface area contributed by atoms with Crippen molar-refractivity contribution in [3.05, 3.63) is 0 Å². The van der Waals surface area contributed by atoms with E-state index >= 15 is 0 Å². The maximum atomic E-state index is 10.5. The van der Waals surface area contributed by atoms with Gasteiger partial charge in [0, 0.05) is 32.3 Å². The minimum atomic E-state index is -2.43. The summed E-state index contributed by atoms with van der Waals surface area (Å²) in [5, 5.41) is 8.61. The monoisotopic (exact) mass is 488 g/mol. The van der Waals surface area contributed by atoms with Crippen molar-refractivity contribution in [3.8, 4) is 0 Å². The van der Waals surface area contributed by atoms with Gasteiger partial charge in [-0.15, -0.1) is 0 Å². The van der Waals surface area contributed by atoms with Gasteiger partial charge in [-0.25, -0.2) is 0 Å². The maximum Gasteiger partial charge on any atom is 0.500 e. The molecule has 5 nitrogen and oxygen atoms in total. The zero-order valence-corrected chi connectivity index (χ0v) is 23.3. The van der Waals surface area contributed by atoms with Crippen molar-refractivity contribution in [2.24, 2.45) is 0 Å². The topological polar surface area (TPSA) is 65.0 Å². The molecule has 0 saturated heterocycles. The fourth-order valence-electron chi connectivity index (χ4n) is 4.45. The standard InChI is InChI=1S/C27H56O5Si/c1-4-30-33(31-5-2,32-6-3)26-24-22-20-18-16-14-12-10-8-7-9-11-13-15-17-19-21-23-25-27(28)29/h4-26H2,1-3H3,(H,28,29). The van der Waals surface area contributed by atoms with Crippen LogP contribution < -0.4 is 0 Å². The molecule has 0 aromatic rings. The summed E-state index contributed by atoms with van der Waals surface area (Å²) in [6.07, 6.45) is 23.5. The maximum absolute atomic E-state index is 10.5. The van der Waals surface area contributed by atoms with Crippen LogP contribution in [0.15, 0.2) is 0 Å². The zero-order chi connectivity index (χ0) is 24.5. The first-order valence-corrected chi connectivity index (χ1v) is 16.2. The molecule has 198 valence electrons. The van der Waals surface area contributed by atoms with E-state index < -0.39 is 14.8 Å². The molecule has 0 aliphatic heterocycles. The first kappa shape index (κ1) is 32.6. The van der Waals surface area contributed by atoms with E-state index in [4.69, 9.17) is 18.4 Å². The smallest absolute Gasteiger partial charge is 0.481 e. The van der Waals surface area contributed by atoms with Gasteiger partial charge >= 0.3 is 14.8 Å². The molecule has 0 saturated carbocycles. The van der Waals surface area contributed by atoms with Crippen LogP contribution in [0.2, 0.25) is 6.04 Å². The lowest BCUT2D eigenvalue weighted by Gasteiger charge is -2.28. The number of carboxylic acid groups (broad SMARTS) is 1. The molecule has 0 bridgehead atoms. The molecule has 0 unspecified atom stereocenters. The number of carboxylic acids is 1. The molecule has 0 aliphatic carbocycles. The van der Waals surface area contributed by atoms with Crippen LogP contribution in [0.4, 0.5) is 0 Å². The molecule has 33 heavy (non-hydrogen) atoms. The van der Waals surface area contributed by atoms with Gasteiger partial charge in [-0.1, -0.05) is 103 Å². The fourth-order valence-corrected chi connectivity index (χ4v) is 7.13. The van der Waals surface area contributed by atoms with Crippen molar-refractivity contribution < 1.29 is 23.2 Å². The molecule has 1 N–H and O–H groups in total. The SMILES string of the molecule is CCO[Si](CCCCCCCCCCCCCCCCCCCCC(=O)O)(OCC)OCC. The highest BCUT2D eigenvalue weighted by molar-refractivity contribution is 6.60. The fraction of sp³-hybridized carbons (Fsp3) is 0.963. The lowest BCUT2D eigenvalue weighted by Crippen LogP contribution is -2.45. The van der Waals surface area contributed by atoms with Crippen LogP contribution in [-0.4, -0.2) is 39.7 Å². The summed E-state index contributed by atoms with van der Waals surface area (Å²) in [4.78, 5) is 10.5. The average Bonchev–Trinajstić information content (AvgIpc) is 2.78. The number of hydrogen-bond donors (Lipinski definition) is 1. The van der Waals surface area contributed by atoms with E-state index in [1.54, 1.807) is 0 Å². The van der Waals surface area contributed by atoms with Gasteiger partial charge in [0.25, 0.3) is 0 Å². The Bertz CT molecular complexity index is 402. The summed E-state index contributed by atoms with van der Waals surface area (Å²) < 4.78 is 17.8. The van der Waals surface area contributed by atoms with Crippen LogP contribution in [0, 0.1) is 0 Å². The van der Waals surface area contributed by atoms with Crippen molar-refractivity contribution in [1.82, 2.24) is 0 Å². The van der Waals surface area contributed by atoms with Gasteiger partial charge in [0.05, 0.1) is 0 Å². The van der Waals surface area contributed by atoms with Gasteiger partial charge in [-0.3, -0.25) is 4.79 Å². The molecule has 0 radical (unpaired) electrons. The summed E-state index contributed by atoms with van der Waals surface area (Å²) in [7, 11) is -2.43. The van der Waals surface area contributed by atoms with Crippen LogP contribution in [0.5, 0.6) is 0 Å². The van der Waals surface area contributed by atoms with E-state index in [9.17, 15) is 4.79 Å². The van der Waals surface area contributed by atoms with Crippen molar-refractivity contribution in [2.75, 3.05) is 19.8 Å². The Kier molecular flexibility index (Phi) is 24.4.